The molecule has 0 aliphatic carbocycles. The number of furan rings is 1. The number of imidazole rings is 1. The maximum absolute atomic E-state index is 15.8. The first kappa shape index (κ1) is 50.7. The average molecular weight is 1150 g/mol. The van der Waals surface area contributed by atoms with Crippen molar-refractivity contribution in [3.8, 4) is 56.8 Å². The van der Waals surface area contributed by atoms with Gasteiger partial charge < -0.3 is 14.0 Å². The molecule has 0 saturated heterocycles. The molecule has 0 atom stereocenters. The van der Waals surface area contributed by atoms with E-state index in [1.165, 1.54) is 50.8 Å². The predicted molar refractivity (Wildman–Crippen MR) is 289 cm³/mol. The van der Waals surface area contributed by atoms with Gasteiger partial charge in [-0.3, -0.25) is 9.37 Å². The molecule has 0 aliphatic heterocycles. The van der Waals surface area contributed by atoms with Crippen molar-refractivity contribution in [2.45, 2.75) is 78.8 Å². The number of hydrogen-bond acceptors (Lipinski definition) is 5. The quantitative estimate of drug-likeness (QED) is 0.106. The zero-order chi connectivity index (χ0) is 49.6. The van der Waals surface area contributed by atoms with Crippen LogP contribution < -0.4 is 10.4 Å². The number of pyridine rings is 2. The molecule has 10 rings (SSSR count). The Bertz CT molecular complexity index is 3570. The molecule has 10 aromatic rings. The number of hydrogen-bond donors (Lipinski definition) is 0. The summed E-state index contributed by atoms with van der Waals surface area (Å²) < 4.78 is 37.5. The van der Waals surface area contributed by atoms with Gasteiger partial charge in [0.25, 0.3) is 0 Å². The summed E-state index contributed by atoms with van der Waals surface area (Å²) in [6.07, 6.45) is 1.93. The Labute approximate surface area is 430 Å². The average Bonchev–Trinajstić information content (AvgIpc) is 3.91. The maximum Gasteiger partial charge on any atom is 0.141 e. The second-order valence-electron chi connectivity index (χ2n) is 20.5. The van der Waals surface area contributed by atoms with Crippen LogP contribution in [0, 0.1) is 35.1 Å². The monoisotopic (exact) mass is 1150 g/mol. The summed E-state index contributed by atoms with van der Waals surface area (Å²) in [5.74, 6) is 0.405. The van der Waals surface area contributed by atoms with Crippen molar-refractivity contribution in [1.29, 1.82) is 5.26 Å². The summed E-state index contributed by atoms with van der Waals surface area (Å²) >= 11 is 0. The van der Waals surface area contributed by atoms with E-state index in [-0.39, 0.29) is 49.0 Å². The summed E-state index contributed by atoms with van der Waals surface area (Å²) in [4.78, 5) is 14.0. The van der Waals surface area contributed by atoms with E-state index in [0.29, 0.717) is 33.6 Å². The fourth-order valence-corrected chi connectivity index (χ4v) is 11.1. The third kappa shape index (κ3) is 10.3. The first-order valence-electron chi connectivity index (χ1n) is 23.7. The topological polar surface area (TPSA) is 80.5 Å². The first-order chi connectivity index (χ1) is 33.4. The molecule has 0 unspecified atom stereocenters. The Balaban J connectivity index is 0.000000318. The van der Waals surface area contributed by atoms with Crippen LogP contribution in [0.15, 0.2) is 144 Å². The molecule has 4 aromatic heterocycles. The Hall–Kier alpha value is -6.68. The van der Waals surface area contributed by atoms with Gasteiger partial charge in [-0.25, -0.2) is 9.37 Å². The number of halogens is 2. The third-order valence-corrected chi connectivity index (χ3v) is 16.9. The summed E-state index contributed by atoms with van der Waals surface area (Å²) in [6, 6.07) is 51.0. The van der Waals surface area contributed by atoms with Crippen molar-refractivity contribution >= 4 is 59.5 Å². The second kappa shape index (κ2) is 20.2. The molecule has 0 saturated carbocycles. The zero-order valence-electron chi connectivity index (χ0n) is 41.7. The van der Waals surface area contributed by atoms with Crippen molar-refractivity contribution in [3.05, 3.63) is 180 Å². The van der Waals surface area contributed by atoms with Crippen LogP contribution in [-0.2, 0) is 20.1 Å². The van der Waals surface area contributed by atoms with Gasteiger partial charge in [-0.2, -0.15) is 5.26 Å². The summed E-state index contributed by atoms with van der Waals surface area (Å²) in [5.41, 5.74) is 12.1. The number of nitriles is 1. The number of aromatic nitrogens is 4. The number of fused-ring (bicyclic) bond motifs is 4. The van der Waals surface area contributed by atoms with Crippen LogP contribution in [0.25, 0.3) is 83.7 Å². The fraction of sp³-hybridized carbons (Fsp3) is 0.200. The molecule has 0 aliphatic rings. The first-order valence-corrected chi connectivity index (χ1v) is 30.7. The van der Waals surface area contributed by atoms with Gasteiger partial charge >= 0.3 is 0 Å². The summed E-state index contributed by atoms with van der Waals surface area (Å²) in [7, 11) is -2.73. The number of nitrogens with zero attached hydrogens (tertiary/aromatic N) is 5. The molecule has 71 heavy (non-hydrogen) atoms. The van der Waals surface area contributed by atoms with Crippen LogP contribution in [0.3, 0.4) is 0 Å². The van der Waals surface area contributed by atoms with E-state index in [0.717, 1.165) is 33.4 Å². The summed E-state index contributed by atoms with van der Waals surface area (Å²) in [5, 5.41) is 13.6. The number of benzene rings is 6. The van der Waals surface area contributed by atoms with Crippen molar-refractivity contribution in [1.82, 2.24) is 19.5 Å². The molecule has 0 N–H and O–H groups in total. The zero-order valence-corrected chi connectivity index (χ0v) is 46.1. The molecule has 11 heteroatoms. The molecule has 0 spiro atoms. The summed E-state index contributed by atoms with van der Waals surface area (Å²) in [6.45, 7) is 23.0. The number of para-hydroxylation sites is 2. The minimum absolute atomic E-state index is 0. The van der Waals surface area contributed by atoms with E-state index in [1.54, 1.807) is 30.3 Å². The third-order valence-electron chi connectivity index (χ3n) is 12.8. The molecule has 1 radical (unpaired) electrons. The van der Waals surface area contributed by atoms with Crippen molar-refractivity contribution < 1.29 is 33.3 Å². The Morgan fingerprint density at radius 1 is 0.676 bits per heavy atom. The van der Waals surface area contributed by atoms with Crippen LogP contribution in [0.1, 0.15) is 56.4 Å². The maximum atomic E-state index is 15.8. The minimum atomic E-state index is -1.43. The molecule has 6 nitrogen and oxygen atoms in total. The van der Waals surface area contributed by atoms with Gasteiger partial charge in [-0.05, 0) is 93.5 Å². The van der Waals surface area contributed by atoms with Gasteiger partial charge in [0.05, 0.1) is 44.3 Å². The standard InChI is InChI=1S/C46H40FN4OSi.C14H15FNSi.Ir/c1-27(2)35-22-30(29-18-20-32(21-19-29)53(5,6)7)23-36(28(3)4)44(35)51-42-17-9-8-15-41(42)50-46(51)34-14-11-13-33-37-24-39(47)38(25-43(37)52-45(33)34)40-16-10-12-31(26-48)49-40;1-17(2,3)13-8-9-14(16-10-13)11-4-6-12(15)7-5-11;/h8-13,15-25,27-28H,1-7H3;4,6-10H,1-3H3;/q2*-1;. The van der Waals surface area contributed by atoms with Crippen molar-refractivity contribution in [2.24, 2.45) is 0 Å². The van der Waals surface area contributed by atoms with E-state index in [9.17, 15) is 9.65 Å². The van der Waals surface area contributed by atoms with Gasteiger partial charge in [0.15, 0.2) is 0 Å². The van der Waals surface area contributed by atoms with Crippen LogP contribution in [0.5, 0.6) is 0 Å². The largest absolute Gasteiger partial charge is 0.501 e. The van der Waals surface area contributed by atoms with Crippen LogP contribution >= 0.6 is 0 Å². The molecule has 4 heterocycles. The second-order valence-corrected chi connectivity index (χ2v) is 30.7. The fourth-order valence-electron chi connectivity index (χ4n) is 8.90. The van der Waals surface area contributed by atoms with E-state index in [1.807, 2.05) is 48.7 Å². The van der Waals surface area contributed by atoms with Crippen molar-refractivity contribution in [3.63, 3.8) is 0 Å². The normalized spacial score (nSPS) is 11.8. The minimum Gasteiger partial charge on any atom is -0.501 e. The molecule has 0 bridgehead atoms. The van der Waals surface area contributed by atoms with Crippen molar-refractivity contribution in [2.75, 3.05) is 0 Å². The molecule has 0 fully saturated rings. The van der Waals surface area contributed by atoms with Gasteiger partial charge in [0.1, 0.15) is 23.2 Å². The van der Waals surface area contributed by atoms with Gasteiger partial charge in [-0.15, -0.1) is 48.0 Å². The Morgan fingerprint density at radius 3 is 1.99 bits per heavy atom. The molecular weight excluding hydrogens is 1090 g/mol. The smallest absolute Gasteiger partial charge is 0.141 e. The van der Waals surface area contributed by atoms with Gasteiger partial charge in [-0.1, -0.05) is 138 Å². The van der Waals surface area contributed by atoms with E-state index >= 15 is 4.39 Å². The molecular formula is C60H55F2IrN5OSi2-2. The Kier molecular flexibility index (Phi) is 14.4. The Morgan fingerprint density at radius 2 is 1.37 bits per heavy atom. The number of rotatable bonds is 9. The van der Waals surface area contributed by atoms with Crippen LogP contribution in [0.2, 0.25) is 39.3 Å². The SMILES string of the molecule is CC(C)c1cc(-c2ccc([Si](C)(C)C)cc2)cc(C(C)C)c1-n1c(-c2[c-]ccc3c2oc2cc(-c4cccc(C#N)n4)c(F)cc23)nc2ccccc21.C[Si](C)(C)c1ccc(-c2[c-]cc(F)cc2)nc1.[Ir]. The molecule has 359 valence electrons. The van der Waals surface area contributed by atoms with Crippen LogP contribution in [-0.4, -0.2) is 35.7 Å². The molecule has 6 aromatic carbocycles. The van der Waals surface area contributed by atoms with Crippen LogP contribution in [0.4, 0.5) is 8.78 Å². The predicted octanol–water partition coefficient (Wildman–Crippen LogP) is 15.2. The van der Waals surface area contributed by atoms with E-state index < -0.39 is 22.0 Å². The van der Waals surface area contributed by atoms with E-state index in [4.69, 9.17) is 9.40 Å². The van der Waals surface area contributed by atoms with Gasteiger partial charge in [0, 0.05) is 48.8 Å². The van der Waals surface area contributed by atoms with E-state index in [2.05, 4.69) is 142 Å². The van der Waals surface area contributed by atoms with Gasteiger partial charge in [0.2, 0.25) is 0 Å². The molecule has 0 amide bonds.